The van der Waals surface area contributed by atoms with E-state index in [9.17, 15) is 22.8 Å². The number of fused-ring (bicyclic) bond motifs is 1. The van der Waals surface area contributed by atoms with Crippen LogP contribution in [0.15, 0.2) is 53.5 Å². The van der Waals surface area contributed by atoms with Crippen LogP contribution in [0.2, 0.25) is 0 Å². The third-order valence-electron chi connectivity index (χ3n) is 5.74. The van der Waals surface area contributed by atoms with Gasteiger partial charge >= 0.3 is 6.18 Å². The Morgan fingerprint density at radius 1 is 1.06 bits per heavy atom. The summed E-state index contributed by atoms with van der Waals surface area (Å²) < 4.78 is 38.1. The summed E-state index contributed by atoms with van der Waals surface area (Å²) in [6.07, 6.45) is -2.87. The number of rotatable bonds is 3. The molecule has 0 saturated carbocycles. The number of likely N-dealkylation sites (tertiary alicyclic amines) is 1. The topological polar surface area (TPSA) is 61.8 Å². The van der Waals surface area contributed by atoms with Gasteiger partial charge in [-0.25, -0.2) is 0 Å². The molecule has 2 heterocycles. The highest BCUT2D eigenvalue weighted by atomic mass is 19.4. The van der Waals surface area contributed by atoms with Gasteiger partial charge in [0.25, 0.3) is 0 Å². The largest absolute Gasteiger partial charge is 0.416 e. The van der Waals surface area contributed by atoms with E-state index in [0.717, 1.165) is 41.9 Å². The van der Waals surface area contributed by atoms with Crippen molar-refractivity contribution in [1.82, 2.24) is 4.90 Å². The zero-order chi connectivity index (χ0) is 22.0. The molecule has 8 heteroatoms. The van der Waals surface area contributed by atoms with E-state index in [1.807, 2.05) is 24.3 Å². The Morgan fingerprint density at radius 3 is 2.42 bits per heavy atom. The van der Waals surface area contributed by atoms with Crippen LogP contribution in [-0.4, -0.2) is 42.1 Å². The molecule has 2 aromatic carbocycles. The van der Waals surface area contributed by atoms with Crippen molar-refractivity contribution in [2.75, 3.05) is 25.0 Å². The van der Waals surface area contributed by atoms with E-state index in [1.54, 1.807) is 4.90 Å². The summed E-state index contributed by atoms with van der Waals surface area (Å²) in [6, 6.07) is 12.3. The molecule has 0 aliphatic carbocycles. The molecule has 0 radical (unpaired) electrons. The second-order valence-corrected chi connectivity index (χ2v) is 7.82. The van der Waals surface area contributed by atoms with Gasteiger partial charge in [-0.1, -0.05) is 30.3 Å². The molecular formula is C23H22F3N3O2. The Morgan fingerprint density at radius 2 is 1.74 bits per heavy atom. The number of nitrogens with zero attached hydrogens (tertiary/aromatic N) is 2. The molecule has 2 aliphatic rings. The SMILES string of the molecule is O=C1CN=C(C2CCN(C(=O)Cc3ccc(C(F)(F)F)cc3)CC2)c2ccccc2N1. The van der Waals surface area contributed by atoms with Gasteiger partial charge in [0.15, 0.2) is 0 Å². The fraction of sp³-hybridized carbons (Fsp3) is 0.348. The van der Waals surface area contributed by atoms with Gasteiger partial charge in [-0.15, -0.1) is 0 Å². The summed E-state index contributed by atoms with van der Waals surface area (Å²) >= 11 is 0. The number of carbonyl (C=O) groups excluding carboxylic acids is 2. The standard InChI is InChI=1S/C23H22F3N3O2/c24-23(25,26)17-7-5-15(6-8-17)13-21(31)29-11-9-16(10-12-29)22-18-3-1-2-4-19(18)28-20(30)14-27-22/h1-8,16H,9-14H2,(H,28,30). The van der Waals surface area contributed by atoms with Crippen molar-refractivity contribution in [2.45, 2.75) is 25.4 Å². The van der Waals surface area contributed by atoms with Crippen molar-refractivity contribution in [3.8, 4) is 0 Å². The van der Waals surface area contributed by atoms with Crippen molar-refractivity contribution < 1.29 is 22.8 Å². The maximum absolute atomic E-state index is 12.7. The normalized spacial score (nSPS) is 17.5. The number of alkyl halides is 3. The highest BCUT2D eigenvalue weighted by Gasteiger charge is 2.31. The lowest BCUT2D eigenvalue weighted by Crippen LogP contribution is -2.41. The van der Waals surface area contributed by atoms with Crippen LogP contribution in [0, 0.1) is 5.92 Å². The highest BCUT2D eigenvalue weighted by molar-refractivity contribution is 6.12. The fourth-order valence-electron chi connectivity index (χ4n) is 4.10. The molecule has 1 saturated heterocycles. The molecule has 0 aromatic heterocycles. The van der Waals surface area contributed by atoms with E-state index >= 15 is 0 Å². The van der Waals surface area contributed by atoms with Gasteiger partial charge in [0.05, 0.1) is 12.0 Å². The first-order valence-electron chi connectivity index (χ1n) is 10.2. The molecule has 0 atom stereocenters. The van der Waals surface area contributed by atoms with Gasteiger partial charge in [0.2, 0.25) is 11.8 Å². The lowest BCUT2D eigenvalue weighted by Gasteiger charge is -2.33. The third kappa shape index (κ3) is 4.78. The molecule has 2 aromatic rings. The lowest BCUT2D eigenvalue weighted by atomic mass is 9.87. The zero-order valence-electron chi connectivity index (χ0n) is 16.8. The van der Waals surface area contributed by atoms with Crippen molar-refractivity contribution in [1.29, 1.82) is 0 Å². The molecule has 2 amide bonds. The lowest BCUT2D eigenvalue weighted by molar-refractivity contribution is -0.137. The maximum atomic E-state index is 12.7. The number of benzodiazepines with no additional fused rings is 1. The van der Waals surface area contributed by atoms with Crippen LogP contribution in [0.25, 0.3) is 0 Å². The van der Waals surface area contributed by atoms with Crippen molar-refractivity contribution in [3.05, 3.63) is 65.2 Å². The van der Waals surface area contributed by atoms with Crippen LogP contribution in [0.1, 0.15) is 29.5 Å². The molecule has 5 nitrogen and oxygen atoms in total. The number of amides is 2. The molecule has 4 rings (SSSR count). The number of anilines is 1. The van der Waals surface area contributed by atoms with Gasteiger partial charge in [0.1, 0.15) is 6.54 Å². The van der Waals surface area contributed by atoms with Gasteiger partial charge in [-0.05, 0) is 36.6 Å². The van der Waals surface area contributed by atoms with E-state index in [4.69, 9.17) is 0 Å². The van der Waals surface area contributed by atoms with Crippen LogP contribution in [0.5, 0.6) is 0 Å². The number of hydrogen-bond acceptors (Lipinski definition) is 3. The molecule has 1 fully saturated rings. The average Bonchev–Trinajstić information content (AvgIpc) is 2.92. The smallest absolute Gasteiger partial charge is 0.342 e. The Hall–Kier alpha value is -3.16. The summed E-state index contributed by atoms with van der Waals surface area (Å²) in [5.41, 5.74) is 2.41. The van der Waals surface area contributed by atoms with Crippen molar-refractivity contribution >= 4 is 23.2 Å². The average molecular weight is 429 g/mol. The molecular weight excluding hydrogens is 407 g/mol. The Balaban J connectivity index is 1.39. The van der Waals surface area contributed by atoms with Crippen LogP contribution in [0.4, 0.5) is 18.9 Å². The van der Waals surface area contributed by atoms with Gasteiger partial charge in [-0.3, -0.25) is 14.6 Å². The van der Waals surface area contributed by atoms with Crippen LogP contribution >= 0.6 is 0 Å². The van der Waals surface area contributed by atoms with Gasteiger partial charge < -0.3 is 10.2 Å². The van der Waals surface area contributed by atoms with Crippen LogP contribution in [0.3, 0.4) is 0 Å². The van der Waals surface area contributed by atoms with E-state index in [-0.39, 0.29) is 30.7 Å². The van der Waals surface area contributed by atoms with E-state index in [0.29, 0.717) is 18.7 Å². The molecule has 0 spiro atoms. The Kier molecular flexibility index (Phi) is 5.80. The zero-order valence-corrected chi connectivity index (χ0v) is 16.8. The minimum Gasteiger partial charge on any atom is -0.342 e. The first-order valence-corrected chi connectivity index (χ1v) is 10.2. The molecule has 31 heavy (non-hydrogen) atoms. The number of aliphatic imine (C=N–C) groups is 1. The highest BCUT2D eigenvalue weighted by Crippen LogP contribution is 2.30. The number of halogens is 3. The number of nitrogens with one attached hydrogen (secondary N) is 1. The second-order valence-electron chi connectivity index (χ2n) is 7.82. The van der Waals surface area contributed by atoms with Crippen LogP contribution in [-0.2, 0) is 22.2 Å². The monoisotopic (exact) mass is 429 g/mol. The van der Waals surface area contributed by atoms with E-state index in [1.165, 1.54) is 12.1 Å². The summed E-state index contributed by atoms with van der Waals surface area (Å²) in [5, 5.41) is 2.87. The summed E-state index contributed by atoms with van der Waals surface area (Å²) in [6.45, 7) is 1.18. The Bertz CT molecular complexity index is 1010. The first kappa shape index (κ1) is 21.1. The second kappa shape index (κ2) is 8.53. The number of carbonyl (C=O) groups is 2. The number of piperidine rings is 1. The number of benzene rings is 2. The van der Waals surface area contributed by atoms with Crippen molar-refractivity contribution in [2.24, 2.45) is 10.9 Å². The van der Waals surface area contributed by atoms with Crippen LogP contribution < -0.4 is 5.32 Å². The van der Waals surface area contributed by atoms with Gasteiger partial charge in [0, 0.05) is 36.0 Å². The molecule has 162 valence electrons. The fourth-order valence-corrected chi connectivity index (χ4v) is 4.10. The van der Waals surface area contributed by atoms with E-state index < -0.39 is 11.7 Å². The first-order chi connectivity index (χ1) is 14.8. The number of para-hydroxylation sites is 1. The summed E-state index contributed by atoms with van der Waals surface area (Å²) in [7, 11) is 0. The third-order valence-corrected chi connectivity index (χ3v) is 5.74. The van der Waals surface area contributed by atoms with Gasteiger partial charge in [-0.2, -0.15) is 13.2 Å². The quantitative estimate of drug-likeness (QED) is 0.804. The molecule has 0 unspecified atom stereocenters. The molecule has 1 N–H and O–H groups in total. The maximum Gasteiger partial charge on any atom is 0.416 e. The van der Waals surface area contributed by atoms with Crippen molar-refractivity contribution in [3.63, 3.8) is 0 Å². The Labute approximate surface area is 178 Å². The minimum absolute atomic E-state index is 0.0744. The predicted molar refractivity (Wildman–Crippen MR) is 111 cm³/mol. The molecule has 2 aliphatic heterocycles. The summed E-state index contributed by atoms with van der Waals surface area (Å²) in [5.74, 6) is -0.103. The summed E-state index contributed by atoms with van der Waals surface area (Å²) in [4.78, 5) is 30.9. The number of hydrogen-bond donors (Lipinski definition) is 1. The van der Waals surface area contributed by atoms with E-state index in [2.05, 4.69) is 10.3 Å². The predicted octanol–water partition coefficient (Wildman–Crippen LogP) is 3.93. The minimum atomic E-state index is -4.39. The molecule has 0 bridgehead atoms.